The fraction of sp³-hybridized carbons (Fsp3) is 0.250. The van der Waals surface area contributed by atoms with Crippen molar-refractivity contribution in [1.29, 1.82) is 0 Å². The van der Waals surface area contributed by atoms with Crippen LogP contribution in [-0.2, 0) is 4.74 Å². The molecule has 0 saturated carbocycles. The molecule has 23 heavy (non-hydrogen) atoms. The quantitative estimate of drug-likeness (QED) is 0.534. The zero-order valence-electron chi connectivity index (χ0n) is 12.2. The van der Waals surface area contributed by atoms with Crippen molar-refractivity contribution in [3.8, 4) is 28.7 Å². The van der Waals surface area contributed by atoms with E-state index < -0.39 is 24.1 Å². The first-order valence-corrected chi connectivity index (χ1v) is 6.88. The summed E-state index contributed by atoms with van der Waals surface area (Å²) in [5.74, 6) is -1.48. The molecule has 0 radical (unpaired) electrons. The van der Waals surface area contributed by atoms with E-state index in [9.17, 15) is 25.5 Å². The lowest BCUT2D eigenvalue weighted by Gasteiger charge is -2.36. The molecule has 0 fully saturated rings. The third-order valence-corrected chi connectivity index (χ3v) is 3.89. The smallest absolute Gasteiger partial charge is 0.200 e. The summed E-state index contributed by atoms with van der Waals surface area (Å²) in [5.41, 5.74) is 0.776. The number of aromatic hydroxyl groups is 4. The minimum absolute atomic E-state index is 0.000264. The van der Waals surface area contributed by atoms with Crippen LogP contribution in [0.25, 0.3) is 0 Å². The molecule has 0 aliphatic carbocycles. The standard InChI is InChI=1S/C16H16O7/c1-22-15-8-3-5-10(18)12(20)16(8)23-14(13(15)21)7-2-4-9(17)11(19)6-7/h2-6,13-15,17-21H,1H3/t13-,14+,15+/m0/s1. The lowest BCUT2D eigenvalue weighted by Crippen LogP contribution is -2.35. The predicted octanol–water partition coefficient (Wildman–Crippen LogP) is 1.69. The number of fused-ring (bicyclic) bond motifs is 1. The van der Waals surface area contributed by atoms with Crippen molar-refractivity contribution in [2.24, 2.45) is 0 Å². The fourth-order valence-electron chi connectivity index (χ4n) is 2.71. The number of phenols is 4. The van der Waals surface area contributed by atoms with Gasteiger partial charge in [-0.15, -0.1) is 0 Å². The highest BCUT2D eigenvalue weighted by molar-refractivity contribution is 5.56. The second-order valence-corrected chi connectivity index (χ2v) is 5.29. The van der Waals surface area contributed by atoms with Gasteiger partial charge in [-0.3, -0.25) is 0 Å². The zero-order chi connectivity index (χ0) is 16.7. The molecule has 7 heteroatoms. The van der Waals surface area contributed by atoms with Crippen LogP contribution >= 0.6 is 0 Å². The van der Waals surface area contributed by atoms with E-state index in [-0.39, 0.29) is 23.0 Å². The number of phenolic OH excluding ortho intramolecular Hbond substituents is 4. The number of benzene rings is 2. The first-order valence-electron chi connectivity index (χ1n) is 6.88. The van der Waals surface area contributed by atoms with Crippen LogP contribution in [0.3, 0.4) is 0 Å². The topological polar surface area (TPSA) is 120 Å². The molecule has 0 spiro atoms. The Kier molecular flexibility index (Phi) is 3.67. The molecular weight excluding hydrogens is 304 g/mol. The molecule has 0 bridgehead atoms. The molecule has 2 aromatic carbocycles. The molecule has 5 N–H and O–H groups in total. The number of hydrogen-bond acceptors (Lipinski definition) is 7. The second kappa shape index (κ2) is 5.53. The van der Waals surface area contributed by atoms with Crippen LogP contribution in [0.1, 0.15) is 23.3 Å². The van der Waals surface area contributed by atoms with Gasteiger partial charge < -0.3 is 35.0 Å². The summed E-state index contributed by atoms with van der Waals surface area (Å²) >= 11 is 0. The summed E-state index contributed by atoms with van der Waals surface area (Å²) in [7, 11) is 1.40. The van der Waals surface area contributed by atoms with Gasteiger partial charge in [0.05, 0.1) is 0 Å². The largest absolute Gasteiger partial charge is 0.504 e. The third kappa shape index (κ3) is 2.39. The monoisotopic (exact) mass is 320 g/mol. The first-order chi connectivity index (χ1) is 10.9. The van der Waals surface area contributed by atoms with E-state index >= 15 is 0 Å². The Balaban J connectivity index is 2.09. The van der Waals surface area contributed by atoms with E-state index in [0.29, 0.717) is 11.1 Å². The maximum atomic E-state index is 10.5. The van der Waals surface area contributed by atoms with Crippen molar-refractivity contribution in [2.75, 3.05) is 7.11 Å². The molecule has 1 aliphatic rings. The average Bonchev–Trinajstić information content (AvgIpc) is 2.53. The Bertz CT molecular complexity index is 743. The number of methoxy groups -OCH3 is 1. The SMILES string of the molecule is CO[C@@H]1c2ccc(O)c(O)c2O[C@H](c2ccc(O)c(O)c2)[C@@H]1O. The minimum Gasteiger partial charge on any atom is -0.504 e. The van der Waals surface area contributed by atoms with Gasteiger partial charge in [0.25, 0.3) is 0 Å². The van der Waals surface area contributed by atoms with Crippen LogP contribution in [0.2, 0.25) is 0 Å². The third-order valence-electron chi connectivity index (χ3n) is 3.89. The molecular formula is C16H16O7. The maximum absolute atomic E-state index is 10.5. The fourth-order valence-corrected chi connectivity index (χ4v) is 2.71. The molecule has 1 heterocycles. The van der Waals surface area contributed by atoms with Crippen LogP contribution < -0.4 is 4.74 Å². The summed E-state index contributed by atoms with van der Waals surface area (Å²) in [5, 5.41) is 49.2. The lowest BCUT2D eigenvalue weighted by atomic mass is 9.91. The predicted molar refractivity (Wildman–Crippen MR) is 78.7 cm³/mol. The van der Waals surface area contributed by atoms with Crippen LogP contribution in [0, 0.1) is 0 Å². The summed E-state index contributed by atoms with van der Waals surface area (Å²) in [4.78, 5) is 0. The molecule has 0 amide bonds. The molecule has 3 rings (SSSR count). The van der Waals surface area contributed by atoms with Gasteiger partial charge in [-0.05, 0) is 29.8 Å². The van der Waals surface area contributed by atoms with E-state index in [4.69, 9.17) is 9.47 Å². The van der Waals surface area contributed by atoms with Crippen molar-refractivity contribution in [1.82, 2.24) is 0 Å². The highest BCUT2D eigenvalue weighted by Crippen LogP contribution is 2.50. The van der Waals surface area contributed by atoms with Gasteiger partial charge in [0.2, 0.25) is 5.75 Å². The van der Waals surface area contributed by atoms with Crippen LogP contribution in [0.15, 0.2) is 30.3 Å². The summed E-state index contributed by atoms with van der Waals surface area (Å²) in [6.45, 7) is 0. The highest BCUT2D eigenvalue weighted by Gasteiger charge is 2.40. The summed E-state index contributed by atoms with van der Waals surface area (Å²) < 4.78 is 10.9. The average molecular weight is 320 g/mol. The van der Waals surface area contributed by atoms with Gasteiger partial charge in [-0.1, -0.05) is 6.07 Å². The summed E-state index contributed by atoms with van der Waals surface area (Å²) in [6, 6.07) is 6.76. The molecule has 0 unspecified atom stereocenters. The number of ether oxygens (including phenoxy) is 2. The number of hydrogen-bond donors (Lipinski definition) is 5. The molecule has 0 aromatic heterocycles. The Morgan fingerprint density at radius 2 is 1.65 bits per heavy atom. The van der Waals surface area contributed by atoms with Gasteiger partial charge in [0.1, 0.15) is 12.2 Å². The summed E-state index contributed by atoms with van der Waals surface area (Å²) in [6.07, 6.45) is -2.89. The molecule has 2 aromatic rings. The lowest BCUT2D eigenvalue weighted by molar-refractivity contribution is -0.0878. The van der Waals surface area contributed by atoms with E-state index in [1.54, 1.807) is 0 Å². The van der Waals surface area contributed by atoms with Crippen molar-refractivity contribution < 1.29 is 35.0 Å². The highest BCUT2D eigenvalue weighted by atomic mass is 16.5. The second-order valence-electron chi connectivity index (χ2n) is 5.29. The van der Waals surface area contributed by atoms with Crippen LogP contribution in [-0.4, -0.2) is 38.7 Å². The minimum atomic E-state index is -1.12. The first kappa shape index (κ1) is 15.3. The Morgan fingerprint density at radius 1 is 0.957 bits per heavy atom. The molecule has 7 nitrogen and oxygen atoms in total. The van der Waals surface area contributed by atoms with Crippen molar-refractivity contribution in [3.63, 3.8) is 0 Å². The maximum Gasteiger partial charge on any atom is 0.200 e. The van der Waals surface area contributed by atoms with Gasteiger partial charge >= 0.3 is 0 Å². The molecule has 1 aliphatic heterocycles. The van der Waals surface area contributed by atoms with E-state index in [1.165, 1.54) is 37.4 Å². The van der Waals surface area contributed by atoms with Crippen molar-refractivity contribution in [3.05, 3.63) is 41.5 Å². The van der Waals surface area contributed by atoms with Crippen molar-refractivity contribution in [2.45, 2.75) is 18.3 Å². The van der Waals surface area contributed by atoms with Gasteiger partial charge in [0.15, 0.2) is 29.1 Å². The van der Waals surface area contributed by atoms with E-state index in [2.05, 4.69) is 0 Å². The Morgan fingerprint density at radius 3 is 2.30 bits per heavy atom. The van der Waals surface area contributed by atoms with Gasteiger partial charge in [-0.2, -0.15) is 0 Å². The zero-order valence-corrected chi connectivity index (χ0v) is 12.2. The van der Waals surface area contributed by atoms with Gasteiger partial charge in [-0.25, -0.2) is 0 Å². The Labute approximate surface area is 131 Å². The van der Waals surface area contributed by atoms with Crippen molar-refractivity contribution >= 4 is 0 Å². The number of aliphatic hydroxyl groups is 1. The van der Waals surface area contributed by atoms with Gasteiger partial charge in [0, 0.05) is 12.7 Å². The molecule has 0 saturated heterocycles. The number of rotatable bonds is 2. The van der Waals surface area contributed by atoms with E-state index in [0.717, 1.165) is 0 Å². The Hall–Kier alpha value is -2.64. The van der Waals surface area contributed by atoms with Crippen LogP contribution in [0.5, 0.6) is 28.7 Å². The number of aliphatic hydroxyl groups excluding tert-OH is 1. The molecule has 122 valence electrons. The normalized spacial score (nSPS) is 23.1. The molecule has 3 atom stereocenters. The van der Waals surface area contributed by atoms with E-state index in [1.807, 2.05) is 0 Å². The van der Waals surface area contributed by atoms with Crippen LogP contribution in [0.4, 0.5) is 0 Å².